The van der Waals surface area contributed by atoms with Crippen molar-refractivity contribution in [1.82, 2.24) is 15.0 Å². The zero-order valence-corrected chi connectivity index (χ0v) is 10.1. The summed E-state index contributed by atoms with van der Waals surface area (Å²) in [6.45, 7) is 0. The Kier molecular flexibility index (Phi) is 2.90. The van der Waals surface area contributed by atoms with Gasteiger partial charge in [-0.3, -0.25) is 14.8 Å². The molecule has 19 heavy (non-hydrogen) atoms. The zero-order valence-electron chi connectivity index (χ0n) is 10.1. The average molecular weight is 249 g/mol. The van der Waals surface area contributed by atoms with E-state index in [9.17, 15) is 4.79 Å². The highest BCUT2D eigenvalue weighted by Crippen LogP contribution is 2.25. The summed E-state index contributed by atoms with van der Waals surface area (Å²) in [5.74, 6) is 0. The maximum Gasteiger partial charge on any atom is 0.248 e. The van der Waals surface area contributed by atoms with Gasteiger partial charge < -0.3 is 4.98 Å². The predicted octanol–water partition coefficient (Wildman–Crippen LogP) is 2.50. The van der Waals surface area contributed by atoms with Gasteiger partial charge >= 0.3 is 0 Å². The molecule has 0 bridgehead atoms. The highest BCUT2D eigenvalue weighted by molar-refractivity contribution is 5.76. The van der Waals surface area contributed by atoms with Gasteiger partial charge in [-0.05, 0) is 30.3 Å². The highest BCUT2D eigenvalue weighted by Gasteiger charge is 2.09. The van der Waals surface area contributed by atoms with Crippen LogP contribution in [0.3, 0.4) is 0 Å². The Labute approximate surface area is 109 Å². The molecule has 4 heteroatoms. The van der Waals surface area contributed by atoms with Crippen LogP contribution in [-0.4, -0.2) is 15.0 Å². The summed E-state index contributed by atoms with van der Waals surface area (Å²) in [6, 6.07) is 14.5. The number of pyridine rings is 3. The van der Waals surface area contributed by atoms with E-state index in [1.165, 1.54) is 6.07 Å². The lowest BCUT2D eigenvalue weighted by molar-refractivity contribution is 1.19. The van der Waals surface area contributed by atoms with Gasteiger partial charge in [0.15, 0.2) is 0 Å². The van der Waals surface area contributed by atoms with Crippen LogP contribution in [0.1, 0.15) is 0 Å². The SMILES string of the molecule is O=c1ccc(-c2ccccn2)c(-c2ccccn2)[nH]1. The van der Waals surface area contributed by atoms with Crippen molar-refractivity contribution in [3.63, 3.8) is 0 Å². The molecule has 0 saturated heterocycles. The van der Waals surface area contributed by atoms with Crippen LogP contribution in [0, 0.1) is 0 Å². The third kappa shape index (κ3) is 2.28. The van der Waals surface area contributed by atoms with Crippen molar-refractivity contribution in [3.05, 3.63) is 71.3 Å². The van der Waals surface area contributed by atoms with Gasteiger partial charge in [0.05, 0.1) is 17.1 Å². The number of aromatic amines is 1. The van der Waals surface area contributed by atoms with Crippen LogP contribution in [0.4, 0.5) is 0 Å². The first-order valence-corrected chi connectivity index (χ1v) is 5.91. The second-order valence-corrected chi connectivity index (χ2v) is 4.04. The summed E-state index contributed by atoms with van der Waals surface area (Å²) in [4.78, 5) is 23.0. The van der Waals surface area contributed by atoms with Crippen LogP contribution >= 0.6 is 0 Å². The molecular weight excluding hydrogens is 238 g/mol. The highest BCUT2D eigenvalue weighted by atomic mass is 16.1. The van der Waals surface area contributed by atoms with Crippen molar-refractivity contribution in [3.8, 4) is 22.6 Å². The topological polar surface area (TPSA) is 58.6 Å². The molecule has 0 aliphatic carbocycles. The van der Waals surface area contributed by atoms with Gasteiger partial charge in [0.25, 0.3) is 0 Å². The third-order valence-electron chi connectivity index (χ3n) is 2.78. The van der Waals surface area contributed by atoms with Crippen LogP contribution in [0.15, 0.2) is 65.7 Å². The zero-order chi connectivity index (χ0) is 13.1. The number of aromatic nitrogens is 3. The first-order chi connectivity index (χ1) is 9.34. The van der Waals surface area contributed by atoms with E-state index in [0.29, 0.717) is 5.69 Å². The molecule has 0 fully saturated rings. The average Bonchev–Trinajstić information content (AvgIpc) is 2.49. The Hall–Kier alpha value is -2.75. The summed E-state index contributed by atoms with van der Waals surface area (Å²) in [5, 5.41) is 0. The van der Waals surface area contributed by atoms with Gasteiger partial charge in [-0.15, -0.1) is 0 Å². The van der Waals surface area contributed by atoms with Crippen LogP contribution in [0.5, 0.6) is 0 Å². The summed E-state index contributed by atoms with van der Waals surface area (Å²) in [5.41, 5.74) is 2.92. The van der Waals surface area contributed by atoms with E-state index in [1.807, 2.05) is 36.4 Å². The molecule has 92 valence electrons. The summed E-state index contributed by atoms with van der Waals surface area (Å²) in [7, 11) is 0. The van der Waals surface area contributed by atoms with Gasteiger partial charge in [0, 0.05) is 24.0 Å². The number of hydrogen-bond acceptors (Lipinski definition) is 3. The molecule has 3 aromatic rings. The molecule has 0 aliphatic heterocycles. The van der Waals surface area contributed by atoms with Crippen molar-refractivity contribution in [1.29, 1.82) is 0 Å². The van der Waals surface area contributed by atoms with Crippen LogP contribution < -0.4 is 5.56 Å². The maximum atomic E-state index is 11.5. The van der Waals surface area contributed by atoms with Crippen molar-refractivity contribution in [2.24, 2.45) is 0 Å². The Morgan fingerprint density at radius 1 is 0.789 bits per heavy atom. The molecule has 0 aromatic carbocycles. The molecule has 0 radical (unpaired) electrons. The predicted molar refractivity (Wildman–Crippen MR) is 73.5 cm³/mol. The molecule has 1 N–H and O–H groups in total. The molecule has 0 amide bonds. The van der Waals surface area contributed by atoms with Crippen LogP contribution in [-0.2, 0) is 0 Å². The van der Waals surface area contributed by atoms with Crippen molar-refractivity contribution in [2.45, 2.75) is 0 Å². The van der Waals surface area contributed by atoms with Crippen molar-refractivity contribution >= 4 is 0 Å². The number of rotatable bonds is 2. The van der Waals surface area contributed by atoms with Gasteiger partial charge in [-0.2, -0.15) is 0 Å². The number of H-pyrrole nitrogens is 1. The normalized spacial score (nSPS) is 10.3. The molecule has 0 spiro atoms. The largest absolute Gasteiger partial charge is 0.320 e. The van der Waals surface area contributed by atoms with Crippen LogP contribution in [0.2, 0.25) is 0 Å². The summed E-state index contributed by atoms with van der Waals surface area (Å²) >= 11 is 0. The van der Waals surface area contributed by atoms with Crippen LogP contribution in [0.25, 0.3) is 22.6 Å². The second-order valence-electron chi connectivity index (χ2n) is 4.04. The van der Waals surface area contributed by atoms with E-state index in [0.717, 1.165) is 17.0 Å². The van der Waals surface area contributed by atoms with Gasteiger partial charge in [-0.25, -0.2) is 0 Å². The molecule has 3 heterocycles. The fraction of sp³-hybridized carbons (Fsp3) is 0. The number of nitrogens with one attached hydrogen (secondary N) is 1. The van der Waals surface area contributed by atoms with E-state index in [-0.39, 0.29) is 5.56 Å². The minimum atomic E-state index is -0.152. The summed E-state index contributed by atoms with van der Waals surface area (Å²) in [6.07, 6.45) is 3.42. The van der Waals surface area contributed by atoms with E-state index >= 15 is 0 Å². The Morgan fingerprint density at radius 2 is 1.47 bits per heavy atom. The molecule has 0 aliphatic rings. The Balaban J connectivity index is 2.24. The summed E-state index contributed by atoms with van der Waals surface area (Å²) < 4.78 is 0. The fourth-order valence-electron chi connectivity index (χ4n) is 1.92. The Morgan fingerprint density at radius 3 is 2.11 bits per heavy atom. The van der Waals surface area contributed by atoms with E-state index in [4.69, 9.17) is 0 Å². The Bertz CT molecular complexity index is 736. The minimum absolute atomic E-state index is 0.152. The maximum absolute atomic E-state index is 11.5. The van der Waals surface area contributed by atoms with Gasteiger partial charge in [0.2, 0.25) is 5.56 Å². The smallest absolute Gasteiger partial charge is 0.248 e. The first kappa shape index (κ1) is 11.3. The van der Waals surface area contributed by atoms with E-state index in [2.05, 4.69) is 15.0 Å². The fourth-order valence-corrected chi connectivity index (χ4v) is 1.92. The van der Waals surface area contributed by atoms with E-state index < -0.39 is 0 Å². The molecule has 3 rings (SSSR count). The minimum Gasteiger partial charge on any atom is -0.320 e. The van der Waals surface area contributed by atoms with Crippen molar-refractivity contribution < 1.29 is 0 Å². The molecule has 0 atom stereocenters. The number of nitrogens with zero attached hydrogens (tertiary/aromatic N) is 2. The monoisotopic (exact) mass is 249 g/mol. The quantitative estimate of drug-likeness (QED) is 0.759. The van der Waals surface area contributed by atoms with Gasteiger partial charge in [-0.1, -0.05) is 12.1 Å². The molecule has 0 unspecified atom stereocenters. The lowest BCUT2D eigenvalue weighted by Gasteiger charge is -2.07. The lowest BCUT2D eigenvalue weighted by Crippen LogP contribution is -2.06. The molecular formula is C15H11N3O. The van der Waals surface area contributed by atoms with E-state index in [1.54, 1.807) is 18.5 Å². The number of hydrogen-bond donors (Lipinski definition) is 1. The van der Waals surface area contributed by atoms with Crippen molar-refractivity contribution in [2.75, 3.05) is 0 Å². The molecule has 0 saturated carbocycles. The second kappa shape index (κ2) is 4.86. The standard InChI is InChI=1S/C15H11N3O/c19-14-8-7-11(12-5-1-3-9-16-12)15(18-14)13-6-2-4-10-17-13/h1-10H,(H,18,19). The molecule has 4 nitrogen and oxygen atoms in total. The molecule has 3 aromatic heterocycles. The van der Waals surface area contributed by atoms with Gasteiger partial charge in [0.1, 0.15) is 0 Å². The third-order valence-corrected chi connectivity index (χ3v) is 2.78. The lowest BCUT2D eigenvalue weighted by atomic mass is 10.1. The first-order valence-electron chi connectivity index (χ1n) is 5.91.